The molecule has 0 aromatic carbocycles. The highest BCUT2D eigenvalue weighted by molar-refractivity contribution is 4.87. The van der Waals surface area contributed by atoms with Gasteiger partial charge in [-0.25, -0.2) is 0 Å². The molecule has 0 aromatic heterocycles. The molecule has 2 atom stereocenters. The molecule has 0 aromatic rings. The zero-order valence-electron chi connectivity index (χ0n) is 13.1. The van der Waals surface area contributed by atoms with E-state index < -0.39 is 0 Å². The van der Waals surface area contributed by atoms with E-state index in [9.17, 15) is 5.11 Å². The fraction of sp³-hybridized carbons (Fsp3) is 1.00. The van der Waals surface area contributed by atoms with Crippen LogP contribution >= 0.6 is 0 Å². The summed E-state index contributed by atoms with van der Waals surface area (Å²) in [5.74, 6) is 0.678. The molecule has 0 amide bonds. The van der Waals surface area contributed by atoms with Gasteiger partial charge in [-0.2, -0.15) is 0 Å². The third-order valence-corrected chi connectivity index (χ3v) is 3.64. The lowest BCUT2D eigenvalue weighted by atomic mass is 9.81. The lowest BCUT2D eigenvalue weighted by Crippen LogP contribution is -2.49. The van der Waals surface area contributed by atoms with Crippen LogP contribution in [0.4, 0.5) is 0 Å². The van der Waals surface area contributed by atoms with E-state index in [2.05, 4.69) is 31.1 Å². The van der Waals surface area contributed by atoms with Crippen LogP contribution in [0, 0.1) is 11.3 Å². The van der Waals surface area contributed by atoms with Crippen molar-refractivity contribution in [2.45, 2.75) is 39.7 Å². The molecule has 4 heteroatoms. The molecule has 4 nitrogen and oxygen atoms in total. The van der Waals surface area contributed by atoms with E-state index in [4.69, 9.17) is 4.74 Å². The van der Waals surface area contributed by atoms with Gasteiger partial charge in [0.25, 0.3) is 0 Å². The predicted molar refractivity (Wildman–Crippen MR) is 79.4 cm³/mol. The summed E-state index contributed by atoms with van der Waals surface area (Å²) in [7, 11) is 2.09. The van der Waals surface area contributed by atoms with Crippen LogP contribution in [0.3, 0.4) is 0 Å². The van der Waals surface area contributed by atoms with E-state index in [-0.39, 0.29) is 11.5 Å². The molecular weight excluding hydrogens is 240 g/mol. The van der Waals surface area contributed by atoms with Gasteiger partial charge in [0.2, 0.25) is 0 Å². The second kappa shape index (κ2) is 8.20. The van der Waals surface area contributed by atoms with Crippen LogP contribution in [0.5, 0.6) is 0 Å². The van der Waals surface area contributed by atoms with Crippen LogP contribution < -0.4 is 5.32 Å². The number of ether oxygens (including phenoxy) is 1. The maximum atomic E-state index is 9.50. The molecule has 1 saturated heterocycles. The van der Waals surface area contributed by atoms with Crippen LogP contribution in [-0.4, -0.2) is 62.6 Å². The van der Waals surface area contributed by atoms with Crippen molar-refractivity contribution in [3.63, 3.8) is 0 Å². The summed E-state index contributed by atoms with van der Waals surface area (Å²) in [5, 5.41) is 13.1. The van der Waals surface area contributed by atoms with Crippen LogP contribution in [0.25, 0.3) is 0 Å². The lowest BCUT2D eigenvalue weighted by molar-refractivity contribution is -0.0270. The molecule has 1 aliphatic heterocycles. The Hall–Kier alpha value is -0.160. The van der Waals surface area contributed by atoms with E-state index in [1.165, 1.54) is 6.42 Å². The van der Waals surface area contributed by atoms with Gasteiger partial charge < -0.3 is 20.1 Å². The van der Waals surface area contributed by atoms with Gasteiger partial charge >= 0.3 is 0 Å². The molecule has 1 rings (SSSR count). The summed E-state index contributed by atoms with van der Waals surface area (Å²) < 4.78 is 5.72. The molecule has 0 spiro atoms. The summed E-state index contributed by atoms with van der Waals surface area (Å²) in [6.45, 7) is 11.8. The van der Waals surface area contributed by atoms with Crippen LogP contribution in [-0.2, 0) is 4.74 Å². The van der Waals surface area contributed by atoms with Gasteiger partial charge in [0.05, 0.1) is 12.7 Å². The van der Waals surface area contributed by atoms with E-state index in [1.807, 2.05) is 6.92 Å². The Morgan fingerprint density at radius 2 is 2.11 bits per heavy atom. The maximum Gasteiger partial charge on any atom is 0.0638 e. The van der Waals surface area contributed by atoms with Crippen LogP contribution in [0.2, 0.25) is 0 Å². The topological polar surface area (TPSA) is 44.7 Å². The first kappa shape index (κ1) is 16.9. The molecule has 19 heavy (non-hydrogen) atoms. The molecule has 2 N–H and O–H groups in total. The zero-order valence-corrected chi connectivity index (χ0v) is 13.1. The number of aliphatic hydroxyl groups excluding tert-OH is 1. The monoisotopic (exact) mass is 272 g/mol. The average Bonchev–Trinajstić information content (AvgIpc) is 2.28. The van der Waals surface area contributed by atoms with Crippen molar-refractivity contribution in [1.82, 2.24) is 10.2 Å². The molecule has 0 bridgehead atoms. The minimum absolute atomic E-state index is 0.205. The van der Waals surface area contributed by atoms with Crippen molar-refractivity contribution in [3.05, 3.63) is 0 Å². The molecular formula is C15H32N2O2. The molecule has 0 radical (unpaired) electrons. The van der Waals surface area contributed by atoms with Gasteiger partial charge in [-0.3, -0.25) is 0 Å². The first-order chi connectivity index (χ1) is 8.93. The highest BCUT2D eigenvalue weighted by Gasteiger charge is 2.33. The third-order valence-electron chi connectivity index (χ3n) is 3.64. The summed E-state index contributed by atoms with van der Waals surface area (Å²) in [5.41, 5.74) is 0.205. The predicted octanol–water partition coefficient (Wildman–Crippen LogP) is 1.34. The van der Waals surface area contributed by atoms with E-state index in [1.54, 1.807) is 0 Å². The fourth-order valence-electron chi connectivity index (χ4n) is 2.94. The molecule has 2 unspecified atom stereocenters. The molecule has 1 aliphatic rings. The van der Waals surface area contributed by atoms with Crippen molar-refractivity contribution < 1.29 is 9.84 Å². The Labute approximate surface area is 118 Å². The van der Waals surface area contributed by atoms with Crippen LogP contribution in [0.15, 0.2) is 0 Å². The number of rotatable bonds is 8. The van der Waals surface area contributed by atoms with Crippen LogP contribution in [0.1, 0.15) is 33.6 Å². The van der Waals surface area contributed by atoms with Crippen molar-refractivity contribution >= 4 is 0 Å². The largest absolute Gasteiger partial charge is 0.392 e. The standard InChI is InChI=1S/C15H32N2O2/c1-13(2)8-16-10-15(6-5-7-19-12-15)11-17(4)9-14(3)18/h13-14,16,18H,5-12H2,1-4H3. The quantitative estimate of drug-likeness (QED) is 0.700. The minimum Gasteiger partial charge on any atom is -0.392 e. The second-order valence-corrected chi connectivity index (χ2v) is 6.73. The number of hydrogen-bond donors (Lipinski definition) is 2. The van der Waals surface area contributed by atoms with E-state index in [0.717, 1.165) is 45.8 Å². The summed E-state index contributed by atoms with van der Waals surface area (Å²) in [6.07, 6.45) is 2.09. The van der Waals surface area contributed by atoms with Gasteiger partial charge in [0.1, 0.15) is 0 Å². The number of nitrogens with zero attached hydrogens (tertiary/aromatic N) is 1. The van der Waals surface area contributed by atoms with Crippen molar-refractivity contribution in [3.8, 4) is 0 Å². The van der Waals surface area contributed by atoms with E-state index in [0.29, 0.717) is 5.92 Å². The number of likely N-dealkylation sites (N-methyl/N-ethyl adjacent to an activating group) is 1. The number of hydrogen-bond acceptors (Lipinski definition) is 4. The SMILES string of the molecule is CC(C)CNCC1(CN(C)CC(C)O)CCCOC1. The Kier molecular flexibility index (Phi) is 7.29. The first-order valence-electron chi connectivity index (χ1n) is 7.59. The third kappa shape index (κ3) is 6.70. The smallest absolute Gasteiger partial charge is 0.0638 e. The molecule has 0 aliphatic carbocycles. The Balaban J connectivity index is 2.49. The highest BCUT2D eigenvalue weighted by Crippen LogP contribution is 2.29. The molecule has 114 valence electrons. The van der Waals surface area contributed by atoms with Crippen molar-refractivity contribution in [2.24, 2.45) is 11.3 Å². The second-order valence-electron chi connectivity index (χ2n) is 6.73. The zero-order chi connectivity index (χ0) is 14.3. The van der Waals surface area contributed by atoms with E-state index >= 15 is 0 Å². The van der Waals surface area contributed by atoms with Gasteiger partial charge in [-0.15, -0.1) is 0 Å². The average molecular weight is 272 g/mol. The maximum absolute atomic E-state index is 9.50. The van der Waals surface area contributed by atoms with Crippen molar-refractivity contribution in [2.75, 3.05) is 46.4 Å². The number of nitrogens with one attached hydrogen (secondary N) is 1. The summed E-state index contributed by atoms with van der Waals surface area (Å²) in [4.78, 5) is 2.23. The Morgan fingerprint density at radius 1 is 1.37 bits per heavy atom. The lowest BCUT2D eigenvalue weighted by Gasteiger charge is -2.40. The first-order valence-corrected chi connectivity index (χ1v) is 7.59. The van der Waals surface area contributed by atoms with Gasteiger partial charge in [-0.05, 0) is 39.3 Å². The van der Waals surface area contributed by atoms with Gasteiger partial charge in [0, 0.05) is 31.7 Å². The Bertz CT molecular complexity index is 238. The fourth-order valence-corrected chi connectivity index (χ4v) is 2.94. The normalized spacial score (nSPS) is 26.1. The molecule has 1 fully saturated rings. The number of aliphatic hydroxyl groups is 1. The Morgan fingerprint density at radius 3 is 2.63 bits per heavy atom. The highest BCUT2D eigenvalue weighted by atomic mass is 16.5. The van der Waals surface area contributed by atoms with Gasteiger partial charge in [0.15, 0.2) is 0 Å². The molecule has 0 saturated carbocycles. The molecule has 1 heterocycles. The van der Waals surface area contributed by atoms with Crippen molar-refractivity contribution in [1.29, 1.82) is 0 Å². The summed E-state index contributed by atoms with van der Waals surface area (Å²) in [6, 6.07) is 0. The van der Waals surface area contributed by atoms with Gasteiger partial charge in [-0.1, -0.05) is 13.8 Å². The summed E-state index contributed by atoms with van der Waals surface area (Å²) >= 11 is 0. The minimum atomic E-state index is -0.268.